The summed E-state index contributed by atoms with van der Waals surface area (Å²) in [6.07, 6.45) is 1.58. The predicted molar refractivity (Wildman–Crippen MR) is 137 cm³/mol. The van der Waals surface area contributed by atoms with Crippen molar-refractivity contribution in [3.8, 4) is 0 Å². The smallest absolute Gasteiger partial charge is 0.335 e. The van der Waals surface area contributed by atoms with Crippen molar-refractivity contribution in [2.75, 3.05) is 4.90 Å². The molecular formula is C28H22ClN3O3. The Balaban J connectivity index is 1.60. The van der Waals surface area contributed by atoms with Gasteiger partial charge in [0.2, 0.25) is 0 Å². The van der Waals surface area contributed by atoms with E-state index in [2.05, 4.69) is 9.88 Å². The second kappa shape index (κ2) is 8.89. The first-order valence-electron chi connectivity index (χ1n) is 11.1. The second-order valence-electron chi connectivity index (χ2n) is 8.52. The first kappa shape index (κ1) is 22.6. The zero-order valence-electron chi connectivity index (χ0n) is 19.2. The number of fused-ring (bicyclic) bond motifs is 1. The van der Waals surface area contributed by atoms with E-state index in [0.717, 1.165) is 38.2 Å². The number of anilines is 1. The number of hydrogen-bond acceptors (Lipinski definition) is 3. The van der Waals surface area contributed by atoms with Crippen LogP contribution in [0.15, 0.2) is 78.4 Å². The lowest BCUT2D eigenvalue weighted by molar-refractivity contribution is -0.122. The molecule has 0 spiro atoms. The van der Waals surface area contributed by atoms with Gasteiger partial charge in [0.15, 0.2) is 0 Å². The van der Waals surface area contributed by atoms with Gasteiger partial charge in [-0.05, 0) is 55.8 Å². The number of hydrogen-bond donors (Lipinski definition) is 1. The van der Waals surface area contributed by atoms with Crippen LogP contribution in [0.4, 0.5) is 10.5 Å². The van der Waals surface area contributed by atoms with Gasteiger partial charge < -0.3 is 4.57 Å². The summed E-state index contributed by atoms with van der Waals surface area (Å²) in [5.74, 6) is -1.37. The number of aryl methyl sites for hydroxylation is 1. The van der Waals surface area contributed by atoms with Crippen molar-refractivity contribution in [1.29, 1.82) is 0 Å². The third kappa shape index (κ3) is 4.13. The molecule has 6 nitrogen and oxygen atoms in total. The highest BCUT2D eigenvalue weighted by molar-refractivity contribution is 6.39. The summed E-state index contributed by atoms with van der Waals surface area (Å²) in [7, 11) is 0. The molecule has 0 saturated carbocycles. The monoisotopic (exact) mass is 483 g/mol. The standard InChI is InChI=1S/C28H22ClN3O3/c1-17-7-13-21(14-8-17)32-27(34)24(26(33)30-28(32)35)15-23-18(2)31(25-6-4-3-5-22(23)25)16-19-9-11-20(29)12-10-19/h3-15H,16H2,1-2H3,(H,30,33,35)/b24-15+. The van der Waals surface area contributed by atoms with Crippen LogP contribution in [0.3, 0.4) is 0 Å². The molecule has 4 aromatic rings. The first-order valence-corrected chi connectivity index (χ1v) is 11.5. The van der Waals surface area contributed by atoms with Crippen molar-refractivity contribution < 1.29 is 14.4 Å². The van der Waals surface area contributed by atoms with Crippen molar-refractivity contribution in [2.24, 2.45) is 0 Å². The number of amides is 4. The molecule has 3 aromatic carbocycles. The molecule has 0 bridgehead atoms. The van der Waals surface area contributed by atoms with Crippen LogP contribution in [-0.4, -0.2) is 22.4 Å². The van der Waals surface area contributed by atoms with Crippen LogP contribution in [0.5, 0.6) is 0 Å². The van der Waals surface area contributed by atoms with Crippen LogP contribution in [0, 0.1) is 13.8 Å². The lowest BCUT2D eigenvalue weighted by atomic mass is 10.0. The van der Waals surface area contributed by atoms with Gasteiger partial charge in [0.25, 0.3) is 11.8 Å². The van der Waals surface area contributed by atoms with Gasteiger partial charge >= 0.3 is 6.03 Å². The van der Waals surface area contributed by atoms with Crippen molar-refractivity contribution >= 4 is 52.1 Å². The summed E-state index contributed by atoms with van der Waals surface area (Å²) in [6, 6.07) is 21.7. The van der Waals surface area contributed by atoms with Crippen molar-refractivity contribution in [3.63, 3.8) is 0 Å². The Morgan fingerprint density at radius 3 is 2.29 bits per heavy atom. The minimum absolute atomic E-state index is 0.0947. The zero-order valence-corrected chi connectivity index (χ0v) is 20.0. The molecule has 35 heavy (non-hydrogen) atoms. The highest BCUT2D eigenvalue weighted by atomic mass is 35.5. The molecule has 1 N–H and O–H groups in total. The number of imide groups is 2. The van der Waals surface area contributed by atoms with Crippen LogP contribution < -0.4 is 10.2 Å². The second-order valence-corrected chi connectivity index (χ2v) is 8.96. The molecule has 1 aliphatic rings. The van der Waals surface area contributed by atoms with Gasteiger partial charge in [-0.25, -0.2) is 9.69 Å². The van der Waals surface area contributed by atoms with E-state index in [9.17, 15) is 14.4 Å². The Labute approximate surface area is 207 Å². The van der Waals surface area contributed by atoms with Gasteiger partial charge in [-0.1, -0.05) is 59.6 Å². The van der Waals surface area contributed by atoms with Gasteiger partial charge in [-0.2, -0.15) is 0 Å². The van der Waals surface area contributed by atoms with Crippen molar-refractivity contribution in [2.45, 2.75) is 20.4 Å². The number of urea groups is 1. The van der Waals surface area contributed by atoms with Crippen LogP contribution in [-0.2, 0) is 16.1 Å². The average Bonchev–Trinajstić information content (AvgIpc) is 3.10. The Kier molecular flexibility index (Phi) is 5.75. The molecule has 174 valence electrons. The van der Waals surface area contributed by atoms with E-state index in [-0.39, 0.29) is 5.57 Å². The molecule has 2 heterocycles. The number of halogens is 1. The fourth-order valence-electron chi connectivity index (χ4n) is 4.35. The third-order valence-electron chi connectivity index (χ3n) is 6.22. The van der Waals surface area contributed by atoms with Gasteiger partial charge in [-0.3, -0.25) is 14.9 Å². The van der Waals surface area contributed by atoms with Crippen molar-refractivity contribution in [3.05, 3.63) is 106 Å². The summed E-state index contributed by atoms with van der Waals surface area (Å²) in [6.45, 7) is 4.47. The van der Waals surface area contributed by atoms with Gasteiger partial charge in [0.1, 0.15) is 5.57 Å². The maximum Gasteiger partial charge on any atom is 0.335 e. The number of para-hydroxylation sites is 1. The fraction of sp³-hybridized carbons (Fsp3) is 0.107. The van der Waals surface area contributed by atoms with Crippen LogP contribution in [0.2, 0.25) is 5.02 Å². The molecule has 1 fully saturated rings. The van der Waals surface area contributed by atoms with Crippen LogP contribution >= 0.6 is 11.6 Å². The number of barbiturate groups is 1. The molecule has 0 unspecified atom stereocenters. The SMILES string of the molecule is Cc1ccc(N2C(=O)NC(=O)/C(=C\c3c(C)n(Cc4ccc(Cl)cc4)c4ccccc34)C2=O)cc1. The molecule has 4 amide bonds. The average molecular weight is 484 g/mol. The lowest BCUT2D eigenvalue weighted by Crippen LogP contribution is -2.54. The summed E-state index contributed by atoms with van der Waals surface area (Å²) < 4.78 is 2.14. The molecule has 5 rings (SSSR count). The van der Waals surface area contributed by atoms with E-state index in [0.29, 0.717) is 17.3 Å². The normalized spacial score (nSPS) is 15.2. The van der Waals surface area contributed by atoms with Gasteiger partial charge in [0.05, 0.1) is 5.69 Å². The molecule has 0 radical (unpaired) electrons. The van der Waals surface area contributed by atoms with E-state index in [1.54, 1.807) is 18.2 Å². The van der Waals surface area contributed by atoms with E-state index in [1.807, 2.05) is 74.5 Å². The predicted octanol–water partition coefficient (Wildman–Crippen LogP) is 5.63. The minimum atomic E-state index is -0.761. The Morgan fingerprint density at radius 2 is 1.57 bits per heavy atom. The first-order chi connectivity index (χ1) is 16.8. The quantitative estimate of drug-likeness (QED) is 0.302. The van der Waals surface area contributed by atoms with Crippen molar-refractivity contribution in [1.82, 2.24) is 9.88 Å². The topological polar surface area (TPSA) is 71.4 Å². The summed E-state index contributed by atoms with van der Waals surface area (Å²) in [5.41, 5.74) is 5.00. The fourth-order valence-corrected chi connectivity index (χ4v) is 4.47. The maximum absolute atomic E-state index is 13.4. The number of benzene rings is 3. The number of rotatable bonds is 4. The van der Waals surface area contributed by atoms with E-state index in [1.165, 1.54) is 0 Å². The Morgan fingerprint density at radius 1 is 0.886 bits per heavy atom. The molecule has 0 atom stereocenters. The minimum Gasteiger partial charge on any atom is -0.340 e. The van der Waals surface area contributed by atoms with Gasteiger partial charge in [0, 0.05) is 33.7 Å². The lowest BCUT2D eigenvalue weighted by Gasteiger charge is -2.26. The Bertz CT molecular complexity index is 1520. The van der Waals surface area contributed by atoms with Gasteiger partial charge in [-0.15, -0.1) is 0 Å². The van der Waals surface area contributed by atoms with E-state index >= 15 is 0 Å². The third-order valence-corrected chi connectivity index (χ3v) is 6.47. The maximum atomic E-state index is 13.4. The largest absolute Gasteiger partial charge is 0.340 e. The van der Waals surface area contributed by atoms with Crippen LogP contribution in [0.25, 0.3) is 17.0 Å². The summed E-state index contributed by atoms with van der Waals surface area (Å²) in [5, 5.41) is 3.88. The van der Waals surface area contributed by atoms with E-state index in [4.69, 9.17) is 11.6 Å². The highest BCUT2D eigenvalue weighted by Crippen LogP contribution is 2.30. The molecule has 1 aromatic heterocycles. The molecule has 0 aliphatic carbocycles. The number of carbonyl (C=O) groups excluding carboxylic acids is 3. The molecular weight excluding hydrogens is 462 g/mol. The Hall–Kier alpha value is -4.16. The summed E-state index contributed by atoms with van der Waals surface area (Å²) >= 11 is 6.04. The number of nitrogens with one attached hydrogen (secondary N) is 1. The number of aromatic nitrogens is 1. The highest BCUT2D eigenvalue weighted by Gasteiger charge is 2.37. The zero-order chi connectivity index (χ0) is 24.7. The number of carbonyl (C=O) groups is 3. The molecule has 1 saturated heterocycles. The number of nitrogens with zero attached hydrogens (tertiary/aromatic N) is 2. The summed E-state index contributed by atoms with van der Waals surface area (Å²) in [4.78, 5) is 39.7. The van der Waals surface area contributed by atoms with Crippen LogP contribution in [0.1, 0.15) is 22.4 Å². The van der Waals surface area contributed by atoms with E-state index < -0.39 is 17.8 Å². The molecule has 7 heteroatoms. The molecule has 1 aliphatic heterocycles.